The van der Waals surface area contributed by atoms with E-state index in [4.69, 9.17) is 5.73 Å². The minimum atomic E-state index is -4.49. The van der Waals surface area contributed by atoms with Crippen molar-refractivity contribution in [1.29, 1.82) is 0 Å². The first-order chi connectivity index (χ1) is 17.3. The van der Waals surface area contributed by atoms with Crippen molar-refractivity contribution >= 4 is 33.9 Å². The fraction of sp³-hybridized carbons (Fsp3) is 0.280. The maximum absolute atomic E-state index is 13.6. The van der Waals surface area contributed by atoms with Crippen LogP contribution in [0.15, 0.2) is 49.1 Å². The molecule has 0 bridgehead atoms. The molecule has 0 aliphatic heterocycles. The van der Waals surface area contributed by atoms with Crippen LogP contribution in [0, 0.1) is 6.92 Å². The molecule has 0 aliphatic carbocycles. The van der Waals surface area contributed by atoms with Crippen LogP contribution in [-0.2, 0) is 12.7 Å². The zero-order chi connectivity index (χ0) is 26.7. The Morgan fingerprint density at radius 1 is 1.14 bits per heavy atom. The Hall–Kier alpha value is -4.19. The van der Waals surface area contributed by atoms with Gasteiger partial charge in [-0.1, -0.05) is 0 Å². The predicted molar refractivity (Wildman–Crippen MR) is 131 cm³/mol. The first-order valence-electron chi connectivity index (χ1n) is 11.4. The Morgan fingerprint density at radius 2 is 1.89 bits per heavy atom. The summed E-state index contributed by atoms with van der Waals surface area (Å²) < 4.78 is 42.4. The Morgan fingerprint density at radius 3 is 2.59 bits per heavy atom. The van der Waals surface area contributed by atoms with Gasteiger partial charge < -0.3 is 20.1 Å². The SMILES string of the molecule is Cc1ncn2c1c(N)nc1ccc(C(=O)N(Cc3cn4cc(C(F)(F)F)ccc4n3)CC(C)(C)O)cc12. The van der Waals surface area contributed by atoms with E-state index in [1.807, 2.05) is 6.92 Å². The van der Waals surface area contributed by atoms with Crippen LogP contribution in [0.2, 0.25) is 0 Å². The number of halogens is 3. The van der Waals surface area contributed by atoms with Crippen molar-refractivity contribution in [3.8, 4) is 0 Å². The van der Waals surface area contributed by atoms with Crippen molar-refractivity contribution in [3.05, 3.63) is 71.6 Å². The van der Waals surface area contributed by atoms with E-state index in [0.29, 0.717) is 45.0 Å². The minimum Gasteiger partial charge on any atom is -0.389 e. The maximum atomic E-state index is 13.6. The molecule has 0 aliphatic rings. The third kappa shape index (κ3) is 4.67. The highest BCUT2D eigenvalue weighted by Gasteiger charge is 2.31. The van der Waals surface area contributed by atoms with Gasteiger partial charge in [0.25, 0.3) is 5.91 Å². The number of aryl methyl sites for hydroxylation is 1. The first kappa shape index (κ1) is 24.5. The molecule has 12 heteroatoms. The molecule has 0 radical (unpaired) electrons. The van der Waals surface area contributed by atoms with Gasteiger partial charge in [-0.3, -0.25) is 9.20 Å². The summed E-state index contributed by atoms with van der Waals surface area (Å²) in [4.78, 5) is 28.1. The van der Waals surface area contributed by atoms with Gasteiger partial charge in [-0.25, -0.2) is 15.0 Å². The van der Waals surface area contributed by atoms with E-state index in [2.05, 4.69) is 15.0 Å². The lowest BCUT2D eigenvalue weighted by molar-refractivity contribution is -0.137. The van der Waals surface area contributed by atoms with Gasteiger partial charge >= 0.3 is 6.18 Å². The summed E-state index contributed by atoms with van der Waals surface area (Å²) in [5.41, 5.74) is 7.62. The molecule has 0 fully saturated rings. The van der Waals surface area contributed by atoms with Crippen LogP contribution in [0.1, 0.15) is 41.2 Å². The smallest absolute Gasteiger partial charge is 0.389 e. The van der Waals surface area contributed by atoms with Crippen LogP contribution in [-0.4, -0.2) is 51.8 Å². The number of alkyl halides is 3. The summed E-state index contributed by atoms with van der Waals surface area (Å²) in [5.74, 6) is -0.0652. The zero-order valence-electron chi connectivity index (χ0n) is 20.3. The number of carbonyl (C=O) groups is 1. The Balaban J connectivity index is 1.52. The van der Waals surface area contributed by atoms with Crippen molar-refractivity contribution in [2.24, 2.45) is 0 Å². The largest absolute Gasteiger partial charge is 0.417 e. The molecule has 9 nitrogen and oxygen atoms in total. The van der Waals surface area contributed by atoms with E-state index in [1.165, 1.54) is 21.6 Å². The monoisotopic (exact) mass is 511 g/mol. The molecule has 0 spiro atoms. The molecule has 0 atom stereocenters. The van der Waals surface area contributed by atoms with E-state index in [9.17, 15) is 23.1 Å². The number of nitrogens with zero attached hydrogens (tertiary/aromatic N) is 6. The second-order valence-electron chi connectivity index (χ2n) is 9.64. The van der Waals surface area contributed by atoms with Crippen molar-refractivity contribution < 1.29 is 23.1 Å². The fourth-order valence-corrected chi connectivity index (χ4v) is 4.39. The van der Waals surface area contributed by atoms with Gasteiger partial charge in [-0.05, 0) is 51.1 Å². The molecular formula is C25H24F3N7O2. The number of benzene rings is 1. The maximum Gasteiger partial charge on any atom is 0.417 e. The number of aliphatic hydroxyl groups is 1. The second-order valence-corrected chi connectivity index (χ2v) is 9.64. The molecule has 1 amide bonds. The standard InChI is InChI=1S/C25H24F3N7O2/c1-14-21-22(29)32-18-6-4-15(8-19(18)35(21)13-30-14)23(36)34(12-24(2,3)37)11-17-10-33-9-16(25(26,27)28)5-7-20(33)31-17/h4-10,13,37H,11-12H2,1-3H3,(H2,29,32). The van der Waals surface area contributed by atoms with Crippen LogP contribution >= 0.6 is 0 Å². The average Bonchev–Trinajstić information content (AvgIpc) is 3.39. The lowest BCUT2D eigenvalue weighted by atomic mass is 10.1. The van der Waals surface area contributed by atoms with Gasteiger partial charge in [0, 0.05) is 24.5 Å². The van der Waals surface area contributed by atoms with Crippen LogP contribution in [0.3, 0.4) is 0 Å². The van der Waals surface area contributed by atoms with Crippen LogP contribution < -0.4 is 5.73 Å². The highest BCUT2D eigenvalue weighted by molar-refractivity contribution is 5.98. The van der Waals surface area contributed by atoms with Crippen LogP contribution in [0.4, 0.5) is 19.0 Å². The molecule has 0 saturated carbocycles. The van der Waals surface area contributed by atoms with Gasteiger partial charge in [0.1, 0.15) is 23.3 Å². The predicted octanol–water partition coefficient (Wildman–Crippen LogP) is 3.85. The number of pyridine rings is 1. The summed E-state index contributed by atoms with van der Waals surface area (Å²) >= 11 is 0. The van der Waals surface area contributed by atoms with Crippen molar-refractivity contribution in [2.75, 3.05) is 12.3 Å². The number of carbonyl (C=O) groups excluding carboxylic acids is 1. The minimum absolute atomic E-state index is 0.0243. The molecule has 1 aromatic carbocycles. The molecule has 5 rings (SSSR count). The average molecular weight is 512 g/mol. The number of rotatable bonds is 5. The van der Waals surface area contributed by atoms with E-state index >= 15 is 0 Å². The molecule has 0 saturated heterocycles. The van der Waals surface area contributed by atoms with Gasteiger partial charge in [0.2, 0.25) is 0 Å². The summed E-state index contributed by atoms with van der Waals surface area (Å²) in [5, 5.41) is 10.5. The Kier molecular flexibility index (Phi) is 5.59. The van der Waals surface area contributed by atoms with E-state index in [-0.39, 0.29) is 19.0 Å². The number of aromatic nitrogens is 5. The second kappa shape index (κ2) is 8.44. The van der Waals surface area contributed by atoms with Gasteiger partial charge in [0.15, 0.2) is 0 Å². The van der Waals surface area contributed by atoms with Crippen LogP contribution in [0.25, 0.3) is 22.2 Å². The Bertz CT molecular complexity index is 1660. The van der Waals surface area contributed by atoms with Gasteiger partial charge in [-0.15, -0.1) is 0 Å². The number of nitrogen functional groups attached to an aromatic ring is 1. The fourth-order valence-electron chi connectivity index (χ4n) is 4.39. The number of hydrogen-bond donors (Lipinski definition) is 2. The molecule has 192 valence electrons. The summed E-state index contributed by atoms with van der Waals surface area (Å²) in [7, 11) is 0. The van der Waals surface area contributed by atoms with E-state index in [1.54, 1.807) is 42.8 Å². The normalized spacial score (nSPS) is 12.6. The van der Waals surface area contributed by atoms with Crippen molar-refractivity contribution in [3.63, 3.8) is 0 Å². The van der Waals surface area contributed by atoms with E-state index in [0.717, 1.165) is 12.3 Å². The van der Waals surface area contributed by atoms with Gasteiger partial charge in [-0.2, -0.15) is 13.2 Å². The first-order valence-corrected chi connectivity index (χ1v) is 11.4. The summed E-state index contributed by atoms with van der Waals surface area (Å²) in [6.07, 6.45) is -0.482. The number of imidazole rings is 2. The third-order valence-electron chi connectivity index (χ3n) is 5.96. The zero-order valence-corrected chi connectivity index (χ0v) is 20.3. The number of hydrogen-bond acceptors (Lipinski definition) is 6. The number of fused-ring (bicyclic) bond motifs is 4. The molecule has 3 N–H and O–H groups in total. The van der Waals surface area contributed by atoms with Gasteiger partial charge in [0.05, 0.1) is 40.1 Å². The Labute approximate surface area is 209 Å². The molecule has 4 aromatic heterocycles. The molecule has 37 heavy (non-hydrogen) atoms. The molecule has 0 unspecified atom stereocenters. The molecular weight excluding hydrogens is 487 g/mol. The van der Waals surface area contributed by atoms with E-state index < -0.39 is 17.3 Å². The number of amides is 1. The summed E-state index contributed by atoms with van der Waals surface area (Å²) in [6, 6.07) is 7.20. The highest BCUT2D eigenvalue weighted by Crippen LogP contribution is 2.29. The summed E-state index contributed by atoms with van der Waals surface area (Å²) in [6.45, 7) is 4.88. The van der Waals surface area contributed by atoms with Crippen molar-refractivity contribution in [2.45, 2.75) is 39.1 Å². The molecule has 4 heterocycles. The quantitative estimate of drug-likeness (QED) is 0.371. The topological polar surface area (TPSA) is 114 Å². The third-order valence-corrected chi connectivity index (χ3v) is 5.96. The number of anilines is 1. The highest BCUT2D eigenvalue weighted by atomic mass is 19.4. The lowest BCUT2D eigenvalue weighted by Gasteiger charge is -2.28. The lowest BCUT2D eigenvalue weighted by Crippen LogP contribution is -2.41. The van der Waals surface area contributed by atoms with Crippen molar-refractivity contribution in [1.82, 2.24) is 28.7 Å². The number of nitrogens with two attached hydrogens (primary N) is 1. The van der Waals surface area contributed by atoms with Crippen LogP contribution in [0.5, 0.6) is 0 Å². The molecule has 5 aromatic rings.